The standard InChI is InChI=1S/C26H21FN2O3S2/c1-16-4-3-5-17(2)24(16)28-23(30)15-32-21-12-6-18(7-13-21)14-22-25(31)29(26(33)34-22)20-10-8-19(27)9-11-20/h3-14H,15H2,1-2H3,(H,28,30)/b22-14-. The highest BCUT2D eigenvalue weighted by molar-refractivity contribution is 8.27. The number of benzene rings is 3. The Morgan fingerprint density at radius 3 is 2.35 bits per heavy atom. The van der Waals surface area contributed by atoms with Gasteiger partial charge in [0.05, 0.1) is 10.6 Å². The summed E-state index contributed by atoms with van der Waals surface area (Å²) < 4.78 is 19.2. The molecule has 2 amide bonds. The fraction of sp³-hybridized carbons (Fsp3) is 0.115. The van der Waals surface area contributed by atoms with Crippen LogP contribution in [-0.2, 0) is 9.59 Å². The molecule has 1 heterocycles. The van der Waals surface area contributed by atoms with Crippen molar-refractivity contribution in [1.29, 1.82) is 0 Å². The van der Waals surface area contributed by atoms with Crippen molar-refractivity contribution in [3.05, 3.63) is 94.1 Å². The molecule has 3 aromatic rings. The van der Waals surface area contributed by atoms with Gasteiger partial charge in [-0.2, -0.15) is 0 Å². The first kappa shape index (κ1) is 23.7. The van der Waals surface area contributed by atoms with Gasteiger partial charge in [0.1, 0.15) is 11.6 Å². The van der Waals surface area contributed by atoms with Gasteiger partial charge in [0, 0.05) is 5.69 Å². The zero-order chi connectivity index (χ0) is 24.2. The van der Waals surface area contributed by atoms with Crippen molar-refractivity contribution in [3.8, 4) is 5.75 Å². The number of rotatable bonds is 6. The van der Waals surface area contributed by atoms with Crippen LogP contribution < -0.4 is 15.0 Å². The molecular weight excluding hydrogens is 471 g/mol. The van der Waals surface area contributed by atoms with E-state index in [4.69, 9.17) is 17.0 Å². The van der Waals surface area contributed by atoms with Crippen LogP contribution in [0.25, 0.3) is 6.08 Å². The number of ether oxygens (including phenoxy) is 1. The Morgan fingerprint density at radius 2 is 1.71 bits per heavy atom. The predicted octanol–water partition coefficient (Wildman–Crippen LogP) is 5.87. The lowest BCUT2D eigenvalue weighted by Gasteiger charge is -2.14. The first-order valence-corrected chi connectivity index (χ1v) is 11.7. The summed E-state index contributed by atoms with van der Waals surface area (Å²) in [6, 6.07) is 18.5. The molecule has 1 saturated heterocycles. The van der Waals surface area contributed by atoms with Crippen LogP contribution in [0.4, 0.5) is 15.8 Å². The molecule has 0 unspecified atom stereocenters. The van der Waals surface area contributed by atoms with E-state index in [1.807, 2.05) is 32.0 Å². The minimum atomic E-state index is -0.380. The van der Waals surface area contributed by atoms with E-state index >= 15 is 0 Å². The highest BCUT2D eigenvalue weighted by Crippen LogP contribution is 2.36. The lowest BCUT2D eigenvalue weighted by atomic mass is 10.1. The van der Waals surface area contributed by atoms with Crippen molar-refractivity contribution in [1.82, 2.24) is 0 Å². The van der Waals surface area contributed by atoms with Crippen molar-refractivity contribution < 1.29 is 18.7 Å². The van der Waals surface area contributed by atoms with Crippen molar-refractivity contribution in [2.24, 2.45) is 0 Å². The van der Waals surface area contributed by atoms with E-state index in [0.717, 1.165) is 22.4 Å². The molecular formula is C26H21FN2O3S2. The molecule has 0 radical (unpaired) electrons. The maximum atomic E-state index is 13.2. The molecule has 0 bridgehead atoms. The minimum Gasteiger partial charge on any atom is -0.484 e. The number of nitrogens with zero attached hydrogens (tertiary/aromatic N) is 1. The quantitative estimate of drug-likeness (QED) is 0.345. The van der Waals surface area contributed by atoms with Crippen LogP contribution in [0, 0.1) is 19.7 Å². The number of anilines is 2. The fourth-order valence-electron chi connectivity index (χ4n) is 3.43. The molecule has 34 heavy (non-hydrogen) atoms. The lowest BCUT2D eigenvalue weighted by molar-refractivity contribution is -0.118. The number of hydrogen-bond donors (Lipinski definition) is 1. The van der Waals surface area contributed by atoms with Crippen molar-refractivity contribution >= 4 is 57.6 Å². The Morgan fingerprint density at radius 1 is 1.06 bits per heavy atom. The highest BCUT2D eigenvalue weighted by Gasteiger charge is 2.33. The molecule has 1 N–H and O–H groups in total. The van der Waals surface area contributed by atoms with Gasteiger partial charge in [-0.25, -0.2) is 4.39 Å². The van der Waals surface area contributed by atoms with Gasteiger partial charge in [0.15, 0.2) is 10.9 Å². The van der Waals surface area contributed by atoms with E-state index in [0.29, 0.717) is 20.7 Å². The van der Waals surface area contributed by atoms with Crippen LogP contribution in [-0.4, -0.2) is 22.7 Å². The Bertz CT molecular complexity index is 1270. The number of carbonyl (C=O) groups is 2. The number of nitrogens with one attached hydrogen (secondary N) is 1. The fourth-order valence-corrected chi connectivity index (χ4v) is 4.73. The van der Waals surface area contributed by atoms with Gasteiger partial charge >= 0.3 is 0 Å². The molecule has 1 aliphatic rings. The van der Waals surface area contributed by atoms with Crippen LogP contribution in [0.1, 0.15) is 16.7 Å². The molecule has 1 aliphatic heterocycles. The van der Waals surface area contributed by atoms with Crippen LogP contribution in [0.3, 0.4) is 0 Å². The third-order valence-electron chi connectivity index (χ3n) is 5.17. The molecule has 0 aromatic heterocycles. The minimum absolute atomic E-state index is 0.122. The average Bonchev–Trinajstić information content (AvgIpc) is 3.09. The summed E-state index contributed by atoms with van der Waals surface area (Å²) in [5.41, 5.74) is 4.08. The summed E-state index contributed by atoms with van der Waals surface area (Å²) in [5, 5.41) is 2.89. The van der Waals surface area contributed by atoms with Crippen LogP contribution in [0.15, 0.2) is 71.6 Å². The van der Waals surface area contributed by atoms with E-state index in [-0.39, 0.29) is 24.2 Å². The Balaban J connectivity index is 1.38. The van der Waals surface area contributed by atoms with Crippen LogP contribution in [0.5, 0.6) is 5.75 Å². The van der Waals surface area contributed by atoms with E-state index in [9.17, 15) is 14.0 Å². The molecule has 0 saturated carbocycles. The molecule has 0 aliphatic carbocycles. The van der Waals surface area contributed by atoms with Gasteiger partial charge < -0.3 is 10.1 Å². The van der Waals surface area contributed by atoms with Crippen LogP contribution in [0.2, 0.25) is 0 Å². The molecule has 0 spiro atoms. The molecule has 172 valence electrons. The lowest BCUT2D eigenvalue weighted by Crippen LogP contribution is -2.27. The number of carbonyl (C=O) groups excluding carboxylic acids is 2. The molecule has 0 atom stereocenters. The summed E-state index contributed by atoms with van der Waals surface area (Å²) in [7, 11) is 0. The maximum Gasteiger partial charge on any atom is 0.270 e. The summed E-state index contributed by atoms with van der Waals surface area (Å²) in [6.07, 6.45) is 1.74. The largest absolute Gasteiger partial charge is 0.484 e. The van der Waals surface area contributed by atoms with Gasteiger partial charge in [-0.05, 0) is 73.0 Å². The Labute approximate surface area is 206 Å². The third-order valence-corrected chi connectivity index (χ3v) is 6.47. The molecule has 4 rings (SSSR count). The number of thioether (sulfide) groups is 1. The first-order chi connectivity index (χ1) is 16.3. The summed E-state index contributed by atoms with van der Waals surface area (Å²) in [5.74, 6) is -0.349. The number of para-hydroxylation sites is 1. The Kier molecular flexibility index (Phi) is 7.09. The SMILES string of the molecule is Cc1cccc(C)c1NC(=O)COc1ccc(/C=C2\SC(=S)N(c3ccc(F)cc3)C2=O)cc1. The first-order valence-electron chi connectivity index (χ1n) is 10.4. The van der Waals surface area contributed by atoms with Crippen molar-refractivity contribution in [2.45, 2.75) is 13.8 Å². The second-order valence-corrected chi connectivity index (χ2v) is 9.34. The number of aryl methyl sites for hydroxylation is 2. The van der Waals surface area contributed by atoms with Gasteiger partial charge in [0.2, 0.25) is 0 Å². The number of amides is 2. The number of halogens is 1. The number of thiocarbonyl (C=S) groups is 1. The monoisotopic (exact) mass is 492 g/mol. The highest BCUT2D eigenvalue weighted by atomic mass is 32.2. The predicted molar refractivity (Wildman–Crippen MR) is 139 cm³/mol. The van der Waals surface area contributed by atoms with Gasteiger partial charge in [-0.3, -0.25) is 14.5 Å². The smallest absolute Gasteiger partial charge is 0.270 e. The molecule has 8 heteroatoms. The van der Waals surface area contributed by atoms with Crippen molar-refractivity contribution in [2.75, 3.05) is 16.8 Å². The van der Waals surface area contributed by atoms with E-state index < -0.39 is 0 Å². The topological polar surface area (TPSA) is 58.6 Å². The third kappa shape index (κ3) is 5.35. The Hall–Kier alpha value is -3.49. The number of hydrogen-bond acceptors (Lipinski definition) is 5. The van der Waals surface area contributed by atoms with Crippen LogP contribution >= 0.6 is 24.0 Å². The van der Waals surface area contributed by atoms with Crippen molar-refractivity contribution in [3.63, 3.8) is 0 Å². The van der Waals surface area contributed by atoms with E-state index in [1.54, 1.807) is 30.3 Å². The van der Waals surface area contributed by atoms with Gasteiger partial charge in [0.25, 0.3) is 11.8 Å². The van der Waals surface area contributed by atoms with E-state index in [2.05, 4.69) is 5.32 Å². The maximum absolute atomic E-state index is 13.2. The van der Waals surface area contributed by atoms with Gasteiger partial charge in [-0.15, -0.1) is 0 Å². The molecule has 3 aromatic carbocycles. The van der Waals surface area contributed by atoms with E-state index in [1.165, 1.54) is 40.9 Å². The van der Waals surface area contributed by atoms with Gasteiger partial charge in [-0.1, -0.05) is 54.3 Å². The zero-order valence-corrected chi connectivity index (χ0v) is 20.1. The molecule has 5 nitrogen and oxygen atoms in total. The summed E-state index contributed by atoms with van der Waals surface area (Å²) in [4.78, 5) is 27.0. The zero-order valence-electron chi connectivity index (χ0n) is 18.5. The average molecular weight is 493 g/mol. The molecule has 1 fully saturated rings. The normalized spacial score (nSPS) is 14.6. The summed E-state index contributed by atoms with van der Waals surface area (Å²) >= 11 is 6.53. The second-order valence-electron chi connectivity index (χ2n) is 7.67. The second kappa shape index (κ2) is 10.2. The summed E-state index contributed by atoms with van der Waals surface area (Å²) in [6.45, 7) is 3.76.